The molecule has 2 heterocycles. The summed E-state index contributed by atoms with van der Waals surface area (Å²) in [5.41, 5.74) is 4.05. The van der Waals surface area contributed by atoms with Crippen molar-refractivity contribution in [2.24, 2.45) is 5.92 Å². The van der Waals surface area contributed by atoms with Crippen LogP contribution in [0.15, 0.2) is 66.7 Å². The Labute approximate surface area is 255 Å². The molecule has 0 bridgehead atoms. The smallest absolute Gasteiger partial charge is 0.260 e. The van der Waals surface area contributed by atoms with Gasteiger partial charge >= 0.3 is 0 Å². The Kier molecular flexibility index (Phi) is 9.60. The van der Waals surface area contributed by atoms with E-state index in [0.29, 0.717) is 47.5 Å². The van der Waals surface area contributed by atoms with Crippen LogP contribution < -0.4 is 14.8 Å². The third-order valence-corrected chi connectivity index (χ3v) is 7.90. The average molecular weight is 613 g/mol. The predicted octanol–water partition coefficient (Wildman–Crippen LogP) is 5.68. The van der Waals surface area contributed by atoms with Gasteiger partial charge in [0.1, 0.15) is 11.5 Å². The van der Waals surface area contributed by atoms with E-state index in [1.165, 1.54) is 0 Å². The summed E-state index contributed by atoms with van der Waals surface area (Å²) >= 11 is 12.4. The Hall–Kier alpha value is -3.27. The van der Waals surface area contributed by atoms with Crippen molar-refractivity contribution in [3.8, 4) is 11.5 Å². The van der Waals surface area contributed by atoms with Gasteiger partial charge in [0.25, 0.3) is 6.41 Å². The monoisotopic (exact) mass is 611 g/mol. The molecule has 1 amide bonds. The quantitative estimate of drug-likeness (QED) is 0.163. The largest absolute Gasteiger partial charge is 0.493 e. The summed E-state index contributed by atoms with van der Waals surface area (Å²) in [7, 11) is 0. The number of aromatic nitrogens is 1. The van der Waals surface area contributed by atoms with Gasteiger partial charge in [0.2, 0.25) is 5.91 Å². The summed E-state index contributed by atoms with van der Waals surface area (Å²) < 4.78 is 11.8. The van der Waals surface area contributed by atoms with Crippen molar-refractivity contribution in [2.75, 3.05) is 19.7 Å². The number of aliphatic hydroxyl groups excluding tert-OH is 2. The summed E-state index contributed by atoms with van der Waals surface area (Å²) in [6.07, 6.45) is -0.827. The number of nitrogens with one attached hydrogen (secondary N) is 2. The summed E-state index contributed by atoms with van der Waals surface area (Å²) in [5.74, 6) is 0.943. The molecule has 0 radical (unpaired) electrons. The summed E-state index contributed by atoms with van der Waals surface area (Å²) in [5, 5.41) is 26.5. The molecule has 3 atom stereocenters. The number of fused-ring (bicyclic) bond motifs is 3. The molecule has 4 N–H and O–H groups in total. The highest BCUT2D eigenvalue weighted by Gasteiger charge is 2.36. The molecule has 10 heteroatoms. The molecule has 222 valence electrons. The van der Waals surface area contributed by atoms with E-state index in [1.54, 1.807) is 24.3 Å². The Morgan fingerprint density at radius 2 is 1.71 bits per heavy atom. The first-order valence-electron chi connectivity index (χ1n) is 14.0. The zero-order chi connectivity index (χ0) is 29.8. The lowest BCUT2D eigenvalue weighted by Gasteiger charge is -2.38. The van der Waals surface area contributed by atoms with Gasteiger partial charge in [-0.05, 0) is 72.1 Å². The van der Waals surface area contributed by atoms with E-state index < -0.39 is 12.5 Å². The van der Waals surface area contributed by atoms with Crippen molar-refractivity contribution in [3.05, 3.63) is 93.6 Å². The lowest BCUT2D eigenvalue weighted by molar-refractivity contribution is -0.150. The SMILES string of the molecule is CC(C)C(=O)NCC(O)CCOc1ccc([C@H]2c3[nH]c4ccc(Cl)cc4c3CCN2C(O)Oc2ccc(Cl)cc2)cc1. The Balaban J connectivity index is 1.33. The topological polar surface area (TPSA) is 107 Å². The Morgan fingerprint density at radius 3 is 2.43 bits per heavy atom. The molecule has 8 nitrogen and oxygen atoms in total. The van der Waals surface area contributed by atoms with E-state index in [2.05, 4.69) is 10.3 Å². The van der Waals surface area contributed by atoms with Crippen LogP contribution in [-0.4, -0.2) is 58.2 Å². The van der Waals surface area contributed by atoms with E-state index in [0.717, 1.165) is 27.7 Å². The fraction of sp³-hybridized carbons (Fsp3) is 0.344. The zero-order valence-electron chi connectivity index (χ0n) is 23.5. The number of benzene rings is 3. The van der Waals surface area contributed by atoms with Crippen molar-refractivity contribution in [1.29, 1.82) is 0 Å². The molecule has 0 aliphatic carbocycles. The van der Waals surface area contributed by atoms with Crippen molar-refractivity contribution >= 4 is 40.0 Å². The molecular weight excluding hydrogens is 577 g/mol. The normalized spacial score (nSPS) is 16.7. The number of carbonyl (C=O) groups excluding carboxylic acids is 1. The lowest BCUT2D eigenvalue weighted by Crippen LogP contribution is -2.46. The van der Waals surface area contributed by atoms with E-state index in [9.17, 15) is 15.0 Å². The average Bonchev–Trinajstić information content (AvgIpc) is 3.34. The fourth-order valence-corrected chi connectivity index (χ4v) is 5.46. The predicted molar refractivity (Wildman–Crippen MR) is 164 cm³/mol. The highest BCUT2D eigenvalue weighted by Crippen LogP contribution is 2.40. The first-order valence-corrected chi connectivity index (χ1v) is 14.8. The number of H-pyrrole nitrogens is 1. The molecular formula is C32H35Cl2N3O5. The maximum Gasteiger partial charge on any atom is 0.260 e. The highest BCUT2D eigenvalue weighted by molar-refractivity contribution is 6.31. The fourth-order valence-electron chi connectivity index (χ4n) is 5.16. The number of aliphatic hydroxyl groups is 2. The molecule has 0 fully saturated rings. The number of ether oxygens (including phenoxy) is 2. The number of carbonyl (C=O) groups is 1. The molecule has 0 saturated carbocycles. The van der Waals surface area contributed by atoms with Gasteiger partial charge in [0, 0.05) is 52.1 Å². The van der Waals surface area contributed by atoms with Gasteiger partial charge in [-0.1, -0.05) is 49.2 Å². The van der Waals surface area contributed by atoms with Gasteiger partial charge in [-0.15, -0.1) is 0 Å². The van der Waals surface area contributed by atoms with Crippen LogP contribution in [0.2, 0.25) is 10.0 Å². The summed E-state index contributed by atoms with van der Waals surface area (Å²) in [6.45, 7) is 4.66. The Morgan fingerprint density at radius 1 is 1.02 bits per heavy atom. The molecule has 5 rings (SSSR count). The number of rotatable bonds is 11. The highest BCUT2D eigenvalue weighted by atomic mass is 35.5. The van der Waals surface area contributed by atoms with Crippen LogP contribution in [0.25, 0.3) is 10.9 Å². The number of halogens is 2. The van der Waals surface area contributed by atoms with E-state index >= 15 is 0 Å². The van der Waals surface area contributed by atoms with Gasteiger partial charge in [0.05, 0.1) is 18.8 Å². The minimum atomic E-state index is -1.21. The standard InChI is InChI=1S/C32H35Cl2N3O5/c1-19(2)31(39)35-18-23(38)14-16-41-24-8-3-20(4-9-24)30-29-26(27-17-22(34)7-12-28(27)36-29)13-15-37(30)32(40)42-25-10-5-21(33)6-11-25/h3-12,17,19,23,30,32,36,38,40H,13-16,18H2,1-2H3,(H,35,39)/t23?,30-,32?/m0/s1. The maximum atomic E-state index is 11.7. The number of aromatic amines is 1. The van der Waals surface area contributed by atoms with Gasteiger partial charge in [0.15, 0.2) is 0 Å². The molecule has 1 aromatic heterocycles. The molecule has 1 aliphatic heterocycles. The first-order chi connectivity index (χ1) is 20.2. The van der Waals surface area contributed by atoms with E-state index in [-0.39, 0.29) is 24.4 Å². The van der Waals surface area contributed by atoms with Gasteiger partial charge < -0.3 is 30.0 Å². The minimum Gasteiger partial charge on any atom is -0.493 e. The van der Waals surface area contributed by atoms with Crippen LogP contribution in [0.1, 0.15) is 43.1 Å². The first kappa shape index (κ1) is 30.2. The third kappa shape index (κ3) is 7.02. The summed E-state index contributed by atoms with van der Waals surface area (Å²) in [6, 6.07) is 20.0. The van der Waals surface area contributed by atoms with Crippen LogP contribution in [0.3, 0.4) is 0 Å². The molecule has 0 spiro atoms. The van der Waals surface area contributed by atoms with Crippen molar-refractivity contribution in [1.82, 2.24) is 15.2 Å². The second-order valence-corrected chi connectivity index (χ2v) is 11.6. The van der Waals surface area contributed by atoms with Gasteiger partial charge in [-0.2, -0.15) is 0 Å². The molecule has 42 heavy (non-hydrogen) atoms. The van der Waals surface area contributed by atoms with Gasteiger partial charge in [-0.25, -0.2) is 4.90 Å². The van der Waals surface area contributed by atoms with Crippen LogP contribution >= 0.6 is 23.2 Å². The second-order valence-electron chi connectivity index (χ2n) is 10.8. The number of amides is 1. The molecule has 4 aromatic rings. The number of hydrogen-bond donors (Lipinski definition) is 4. The van der Waals surface area contributed by atoms with Crippen molar-refractivity contribution < 1.29 is 24.5 Å². The van der Waals surface area contributed by atoms with Crippen molar-refractivity contribution in [3.63, 3.8) is 0 Å². The van der Waals surface area contributed by atoms with Crippen LogP contribution in [-0.2, 0) is 11.2 Å². The summed E-state index contributed by atoms with van der Waals surface area (Å²) in [4.78, 5) is 17.2. The van der Waals surface area contributed by atoms with Crippen LogP contribution in [0, 0.1) is 5.92 Å². The minimum absolute atomic E-state index is 0.0905. The lowest BCUT2D eigenvalue weighted by atomic mass is 9.92. The molecule has 2 unspecified atom stereocenters. The Bertz CT molecular complexity index is 1510. The maximum absolute atomic E-state index is 11.7. The van der Waals surface area contributed by atoms with E-state index in [4.69, 9.17) is 32.7 Å². The van der Waals surface area contributed by atoms with Gasteiger partial charge in [-0.3, -0.25) is 4.79 Å². The third-order valence-electron chi connectivity index (χ3n) is 7.42. The zero-order valence-corrected chi connectivity index (χ0v) is 25.0. The van der Waals surface area contributed by atoms with Crippen LogP contribution in [0.5, 0.6) is 11.5 Å². The number of nitrogens with zero attached hydrogens (tertiary/aromatic N) is 1. The molecule has 1 aliphatic rings. The van der Waals surface area contributed by atoms with Crippen LogP contribution in [0.4, 0.5) is 0 Å². The second kappa shape index (κ2) is 13.4. The molecule has 3 aromatic carbocycles. The van der Waals surface area contributed by atoms with E-state index in [1.807, 2.05) is 61.2 Å². The molecule has 0 saturated heterocycles. The van der Waals surface area contributed by atoms with Crippen molar-refractivity contribution in [2.45, 2.75) is 45.2 Å². The number of hydrogen-bond acceptors (Lipinski definition) is 6.